The Kier molecular flexibility index (Phi) is 3.31. The number of aromatic nitrogens is 2. The summed E-state index contributed by atoms with van der Waals surface area (Å²) in [5.41, 5.74) is 5.73. The molecular formula is C13H13ClN2S. The first-order valence-corrected chi connectivity index (χ1v) is 6.11. The maximum atomic E-state index is 5.91. The molecule has 0 aliphatic heterocycles. The molecular weight excluding hydrogens is 252 g/mol. The van der Waals surface area contributed by atoms with Crippen molar-refractivity contribution in [3.63, 3.8) is 0 Å². The maximum Gasteiger partial charge on any atom is 0.150 e. The summed E-state index contributed by atoms with van der Waals surface area (Å²) in [6.45, 7) is 6.25. The van der Waals surface area contributed by atoms with Gasteiger partial charge in [-0.15, -0.1) is 0 Å². The molecule has 0 amide bonds. The molecule has 88 valence electrons. The van der Waals surface area contributed by atoms with Crippen molar-refractivity contribution in [2.24, 2.45) is 0 Å². The van der Waals surface area contributed by atoms with Gasteiger partial charge in [-0.1, -0.05) is 41.5 Å². The van der Waals surface area contributed by atoms with E-state index < -0.39 is 0 Å². The summed E-state index contributed by atoms with van der Waals surface area (Å²) in [5, 5.41) is 7.07. The van der Waals surface area contributed by atoms with Gasteiger partial charge in [0.15, 0.2) is 0 Å². The molecule has 2 nitrogen and oxygen atoms in total. The average Bonchev–Trinajstić information content (AvgIpc) is 2.21. The van der Waals surface area contributed by atoms with E-state index in [1.807, 2.05) is 6.07 Å². The Morgan fingerprint density at radius 2 is 1.71 bits per heavy atom. The summed E-state index contributed by atoms with van der Waals surface area (Å²) < 4.78 is 0.615. The molecule has 0 aliphatic rings. The van der Waals surface area contributed by atoms with Gasteiger partial charge in [0.1, 0.15) is 9.79 Å². The molecule has 0 saturated carbocycles. The molecule has 1 aromatic carbocycles. The van der Waals surface area contributed by atoms with E-state index in [2.05, 4.69) is 43.1 Å². The van der Waals surface area contributed by atoms with Crippen molar-refractivity contribution in [3.05, 3.63) is 44.7 Å². The first kappa shape index (κ1) is 12.3. The fraction of sp³-hybridized carbons (Fsp3) is 0.231. The lowest BCUT2D eigenvalue weighted by atomic mass is 9.95. The van der Waals surface area contributed by atoms with Crippen molar-refractivity contribution in [2.45, 2.75) is 20.8 Å². The monoisotopic (exact) mass is 264 g/mol. The van der Waals surface area contributed by atoms with E-state index in [9.17, 15) is 0 Å². The summed E-state index contributed by atoms with van der Waals surface area (Å²) in [7, 11) is 0. The smallest absolute Gasteiger partial charge is 0.150 e. The number of hydrogen-bond donors (Lipinski definition) is 1. The predicted molar refractivity (Wildman–Crippen MR) is 74.1 cm³/mol. The van der Waals surface area contributed by atoms with Crippen LogP contribution in [-0.2, 0) is 0 Å². The summed E-state index contributed by atoms with van der Waals surface area (Å²) in [6, 6.07) is 6.10. The molecule has 0 spiro atoms. The van der Waals surface area contributed by atoms with Gasteiger partial charge < -0.3 is 0 Å². The number of nitrogens with zero attached hydrogens (tertiary/aromatic N) is 1. The van der Waals surface area contributed by atoms with E-state index in [4.69, 9.17) is 23.8 Å². The van der Waals surface area contributed by atoms with Crippen LogP contribution >= 0.6 is 23.8 Å². The zero-order valence-corrected chi connectivity index (χ0v) is 11.5. The lowest BCUT2D eigenvalue weighted by molar-refractivity contribution is 1.02. The molecule has 0 unspecified atom stereocenters. The highest BCUT2D eigenvalue weighted by atomic mass is 35.5. The van der Waals surface area contributed by atoms with Crippen LogP contribution in [-0.4, -0.2) is 10.2 Å². The molecule has 0 bridgehead atoms. The lowest BCUT2D eigenvalue weighted by Gasteiger charge is -2.11. The summed E-state index contributed by atoms with van der Waals surface area (Å²) in [4.78, 5) is 0. The third-order valence-corrected chi connectivity index (χ3v) is 3.22. The fourth-order valence-corrected chi connectivity index (χ4v) is 2.53. The summed E-state index contributed by atoms with van der Waals surface area (Å²) >= 11 is 11.2. The number of halogens is 1. The molecule has 0 fully saturated rings. The second-order valence-corrected chi connectivity index (χ2v) is 5.00. The SMILES string of the molecule is Cc1cc(C)c(-c2cc(Cl)n[nH]c2=S)c(C)c1. The number of hydrogen-bond acceptors (Lipinski definition) is 2. The van der Waals surface area contributed by atoms with Crippen molar-refractivity contribution in [3.8, 4) is 11.1 Å². The van der Waals surface area contributed by atoms with Crippen molar-refractivity contribution in [1.29, 1.82) is 0 Å². The van der Waals surface area contributed by atoms with Gasteiger partial charge in [-0.3, -0.25) is 5.10 Å². The van der Waals surface area contributed by atoms with Gasteiger partial charge in [0.05, 0.1) is 0 Å². The molecule has 2 aromatic rings. The van der Waals surface area contributed by atoms with Crippen LogP contribution in [0.25, 0.3) is 11.1 Å². The minimum atomic E-state index is 0.424. The molecule has 1 aromatic heterocycles. The largest absolute Gasteiger partial charge is 0.266 e. The molecule has 0 saturated heterocycles. The van der Waals surface area contributed by atoms with E-state index >= 15 is 0 Å². The lowest BCUT2D eigenvalue weighted by Crippen LogP contribution is -1.93. The second-order valence-electron chi connectivity index (χ2n) is 4.21. The molecule has 4 heteroatoms. The number of benzene rings is 1. The highest BCUT2D eigenvalue weighted by molar-refractivity contribution is 7.71. The number of H-pyrrole nitrogens is 1. The highest BCUT2D eigenvalue weighted by Gasteiger charge is 2.09. The quantitative estimate of drug-likeness (QED) is 0.774. The van der Waals surface area contributed by atoms with Crippen LogP contribution in [0.4, 0.5) is 0 Å². The van der Waals surface area contributed by atoms with Crippen molar-refractivity contribution in [1.82, 2.24) is 10.2 Å². The Morgan fingerprint density at radius 3 is 2.29 bits per heavy atom. The third-order valence-electron chi connectivity index (χ3n) is 2.72. The zero-order valence-electron chi connectivity index (χ0n) is 9.97. The minimum absolute atomic E-state index is 0.424. The van der Waals surface area contributed by atoms with Crippen LogP contribution in [0, 0.1) is 25.4 Å². The van der Waals surface area contributed by atoms with E-state index in [0.29, 0.717) is 9.79 Å². The van der Waals surface area contributed by atoms with Crippen LogP contribution in [0.5, 0.6) is 0 Å². The minimum Gasteiger partial charge on any atom is -0.266 e. The fourth-order valence-electron chi connectivity index (χ4n) is 2.17. The number of aromatic amines is 1. The van der Waals surface area contributed by atoms with Crippen LogP contribution in [0.3, 0.4) is 0 Å². The Bertz CT molecular complexity index is 609. The molecule has 17 heavy (non-hydrogen) atoms. The van der Waals surface area contributed by atoms with E-state index in [1.54, 1.807) is 0 Å². The van der Waals surface area contributed by atoms with Crippen LogP contribution < -0.4 is 0 Å². The highest BCUT2D eigenvalue weighted by Crippen LogP contribution is 2.29. The van der Waals surface area contributed by atoms with E-state index in [0.717, 1.165) is 11.1 Å². The Balaban J connectivity index is 2.77. The zero-order chi connectivity index (χ0) is 12.6. The Morgan fingerprint density at radius 1 is 1.12 bits per heavy atom. The van der Waals surface area contributed by atoms with Gasteiger partial charge in [0.2, 0.25) is 0 Å². The number of aryl methyl sites for hydroxylation is 3. The van der Waals surface area contributed by atoms with E-state index in [1.165, 1.54) is 16.7 Å². The van der Waals surface area contributed by atoms with Crippen LogP contribution in [0.15, 0.2) is 18.2 Å². The first-order chi connectivity index (χ1) is 7.99. The normalized spacial score (nSPS) is 10.6. The van der Waals surface area contributed by atoms with Gasteiger partial charge in [0.25, 0.3) is 0 Å². The molecule has 2 rings (SSSR count). The van der Waals surface area contributed by atoms with Gasteiger partial charge in [-0.05, 0) is 43.5 Å². The third kappa shape index (κ3) is 2.40. The molecule has 1 heterocycles. The number of rotatable bonds is 1. The van der Waals surface area contributed by atoms with E-state index in [-0.39, 0.29) is 0 Å². The topological polar surface area (TPSA) is 28.7 Å². The summed E-state index contributed by atoms with van der Waals surface area (Å²) in [5.74, 6) is 0. The summed E-state index contributed by atoms with van der Waals surface area (Å²) in [6.07, 6.45) is 0. The Hall–Kier alpha value is -1.19. The van der Waals surface area contributed by atoms with Gasteiger partial charge in [-0.2, -0.15) is 5.10 Å². The van der Waals surface area contributed by atoms with Crippen LogP contribution in [0.1, 0.15) is 16.7 Å². The van der Waals surface area contributed by atoms with Crippen molar-refractivity contribution < 1.29 is 0 Å². The Labute approximate surface area is 111 Å². The molecule has 0 atom stereocenters. The molecule has 0 radical (unpaired) electrons. The van der Waals surface area contributed by atoms with Gasteiger partial charge in [-0.25, -0.2) is 0 Å². The maximum absolute atomic E-state index is 5.91. The van der Waals surface area contributed by atoms with Gasteiger partial charge >= 0.3 is 0 Å². The predicted octanol–water partition coefficient (Wildman–Crippen LogP) is 4.38. The van der Waals surface area contributed by atoms with Crippen LogP contribution in [0.2, 0.25) is 5.15 Å². The molecule has 1 N–H and O–H groups in total. The number of nitrogens with one attached hydrogen (secondary N) is 1. The second kappa shape index (κ2) is 4.59. The first-order valence-electron chi connectivity index (χ1n) is 5.32. The average molecular weight is 265 g/mol. The standard InChI is InChI=1S/C13H13ClN2S/c1-7-4-8(2)12(9(3)5-7)10-6-11(14)15-16-13(10)17/h4-6H,1-3H3,(H,16,17). The van der Waals surface area contributed by atoms with Gasteiger partial charge in [0, 0.05) is 5.56 Å². The molecule has 0 aliphatic carbocycles. The van der Waals surface area contributed by atoms with Crippen molar-refractivity contribution in [2.75, 3.05) is 0 Å². The van der Waals surface area contributed by atoms with Crippen molar-refractivity contribution >= 4 is 23.8 Å².